The molecule has 19 heteroatoms. The maximum atomic E-state index is 13.5. The van der Waals surface area contributed by atoms with Gasteiger partial charge in [-0.05, 0) is 103 Å². The summed E-state index contributed by atoms with van der Waals surface area (Å²) in [5, 5.41) is 121. The second-order valence-electron chi connectivity index (χ2n) is 28.8. The zero-order valence-corrected chi connectivity index (χ0v) is 64.7. The van der Waals surface area contributed by atoms with Gasteiger partial charge < -0.3 is 89.9 Å². The number of aliphatic hydroxyl groups is 11. The minimum Gasteiger partial charge on any atom is -0.394 e. The third-order valence-electron chi connectivity index (χ3n) is 19.7. The summed E-state index contributed by atoms with van der Waals surface area (Å²) in [6.45, 7) is 1.60. The zero-order valence-electron chi connectivity index (χ0n) is 64.7. The van der Waals surface area contributed by atoms with Crippen LogP contribution >= 0.6 is 0 Å². The second-order valence-corrected chi connectivity index (χ2v) is 28.8. The molecule has 0 saturated carbocycles. The lowest BCUT2D eigenvalue weighted by Gasteiger charge is -2.48. The van der Waals surface area contributed by atoms with Crippen molar-refractivity contribution < 1.29 is 89.4 Å². The standard InChI is InChI=1S/C86H147NO18/c1-3-5-7-9-11-13-15-17-19-21-23-24-25-26-27-28-29-30-31-32-33-34-35-36-37-38-39-40-41-42-43-44-46-48-50-52-54-56-58-60-62-64-74(92)87-69(70(91)63-61-59-57-55-53-51-49-47-45-22-20-18-16-14-12-10-8-6-4-2)68-100-84-80(98)77(95)82(72(66-89)102-84)105-86-81(99)78(96)83(73(67-90)103-86)104-85-79(97)76(94)75(93)71(65-88)101-85/h5,7,11,13,17,19,23-24,26-27,29-30,32-33,45,47,53,55,61,63,69-73,75-86,88-91,93-99H,3-4,6,8-10,12,14-16,18,20-22,25,28,31,34-44,46,48-52,54,56-60,62,64-68H2,1-2H3,(H,87,92)/b7-5-,13-11-,19-17-,24-23-,27-26-,30-29-,33-32-,47-45+,55-53+,63-61+. The summed E-state index contributed by atoms with van der Waals surface area (Å²) >= 11 is 0. The van der Waals surface area contributed by atoms with Gasteiger partial charge in [0.25, 0.3) is 0 Å². The first-order valence-corrected chi connectivity index (χ1v) is 41.3. The quantitative estimate of drug-likeness (QED) is 0.0199. The predicted octanol–water partition coefficient (Wildman–Crippen LogP) is 14.3. The van der Waals surface area contributed by atoms with E-state index in [4.69, 9.17) is 28.4 Å². The fourth-order valence-electron chi connectivity index (χ4n) is 13.1. The van der Waals surface area contributed by atoms with Crippen molar-refractivity contribution in [3.05, 3.63) is 122 Å². The van der Waals surface area contributed by atoms with Gasteiger partial charge in [0.2, 0.25) is 5.91 Å². The Hall–Kier alpha value is -3.81. The van der Waals surface area contributed by atoms with Crippen LogP contribution in [0.5, 0.6) is 0 Å². The third kappa shape index (κ3) is 44.6. The highest BCUT2D eigenvalue weighted by atomic mass is 16.8. The van der Waals surface area contributed by atoms with E-state index in [2.05, 4.69) is 129 Å². The molecule has 3 heterocycles. The largest absolute Gasteiger partial charge is 0.394 e. The predicted molar refractivity (Wildman–Crippen MR) is 420 cm³/mol. The van der Waals surface area contributed by atoms with Gasteiger partial charge in [-0.2, -0.15) is 0 Å². The van der Waals surface area contributed by atoms with Crippen LogP contribution in [0, 0.1) is 0 Å². The average molecular weight is 1480 g/mol. The van der Waals surface area contributed by atoms with E-state index in [0.29, 0.717) is 12.8 Å². The number of hydrogen-bond acceptors (Lipinski definition) is 18. The molecule has 105 heavy (non-hydrogen) atoms. The zero-order chi connectivity index (χ0) is 76.0. The van der Waals surface area contributed by atoms with Crippen LogP contribution in [-0.2, 0) is 33.2 Å². The Morgan fingerprint density at radius 1 is 0.352 bits per heavy atom. The first-order chi connectivity index (χ1) is 51.3. The number of nitrogens with one attached hydrogen (secondary N) is 1. The molecule has 0 bridgehead atoms. The van der Waals surface area contributed by atoms with Crippen LogP contribution in [-0.4, -0.2) is 193 Å². The summed E-state index contributed by atoms with van der Waals surface area (Å²) in [6.07, 6.45) is 64.8. The molecule has 0 aromatic carbocycles. The van der Waals surface area contributed by atoms with E-state index in [0.717, 1.165) is 89.9 Å². The molecule has 0 aromatic rings. The maximum absolute atomic E-state index is 13.5. The smallest absolute Gasteiger partial charge is 0.220 e. The molecule has 0 aliphatic carbocycles. The number of unbranched alkanes of at least 4 members (excludes halogenated alkanes) is 30. The van der Waals surface area contributed by atoms with E-state index in [9.17, 15) is 61.0 Å². The van der Waals surface area contributed by atoms with Gasteiger partial charge in [0.1, 0.15) is 73.2 Å². The van der Waals surface area contributed by atoms with Crippen molar-refractivity contribution >= 4 is 5.91 Å². The summed E-state index contributed by atoms with van der Waals surface area (Å²) in [6, 6.07) is -1.00. The first-order valence-electron chi connectivity index (χ1n) is 41.3. The van der Waals surface area contributed by atoms with Gasteiger partial charge in [0, 0.05) is 6.42 Å². The van der Waals surface area contributed by atoms with E-state index in [-0.39, 0.29) is 18.9 Å². The number of hydrogen-bond donors (Lipinski definition) is 12. The molecule has 604 valence electrons. The number of carbonyl (C=O) groups is 1. The van der Waals surface area contributed by atoms with Crippen LogP contribution in [0.25, 0.3) is 0 Å². The Morgan fingerprint density at radius 2 is 0.667 bits per heavy atom. The first kappa shape index (κ1) is 95.4. The van der Waals surface area contributed by atoms with Crippen LogP contribution in [0.3, 0.4) is 0 Å². The van der Waals surface area contributed by atoms with E-state index < -0.39 is 124 Å². The summed E-state index contributed by atoms with van der Waals surface area (Å²) in [7, 11) is 0. The normalized spacial score (nSPS) is 26.4. The van der Waals surface area contributed by atoms with Gasteiger partial charge in [-0.3, -0.25) is 4.79 Å². The van der Waals surface area contributed by atoms with E-state index in [1.165, 1.54) is 161 Å². The Morgan fingerprint density at radius 3 is 1.07 bits per heavy atom. The molecule has 0 aromatic heterocycles. The molecule has 12 N–H and O–H groups in total. The Kier molecular flexibility index (Phi) is 59.0. The lowest BCUT2D eigenvalue weighted by molar-refractivity contribution is -0.379. The number of carbonyl (C=O) groups excluding carboxylic acids is 1. The van der Waals surface area contributed by atoms with Crippen molar-refractivity contribution in [1.82, 2.24) is 5.32 Å². The van der Waals surface area contributed by atoms with Gasteiger partial charge in [-0.1, -0.05) is 296 Å². The molecule has 19 nitrogen and oxygen atoms in total. The number of rotatable bonds is 64. The Bertz CT molecular complexity index is 2370. The van der Waals surface area contributed by atoms with E-state index in [1.807, 2.05) is 6.08 Å². The van der Waals surface area contributed by atoms with Gasteiger partial charge in [-0.25, -0.2) is 0 Å². The van der Waals surface area contributed by atoms with Gasteiger partial charge >= 0.3 is 0 Å². The lowest BCUT2D eigenvalue weighted by atomic mass is 9.96. The van der Waals surface area contributed by atoms with Crippen molar-refractivity contribution in [2.75, 3.05) is 26.4 Å². The SMILES string of the molecule is CC/C=C\C/C=C\C/C=C\C/C=C\C/C=C\C/C=C\C/C=C\CCCCCCCCCCCCCCCCCCCCCC(=O)NC(COC1OC(CO)C(OC2OC(CO)C(OC3OC(CO)C(O)C(O)C3O)C(O)C2O)C(O)C1O)C(O)/C=C/CC/C=C/CC/C=C/CCCCCCCCCCC. The number of amides is 1. The fourth-order valence-corrected chi connectivity index (χ4v) is 13.1. The molecule has 3 aliphatic rings. The Balaban J connectivity index is 1.32. The minimum atomic E-state index is -1.99. The highest BCUT2D eigenvalue weighted by Crippen LogP contribution is 2.33. The lowest BCUT2D eigenvalue weighted by Crippen LogP contribution is -2.66. The molecular weight excluding hydrogens is 1330 g/mol. The average Bonchev–Trinajstić information content (AvgIpc) is 0.781. The molecule has 3 saturated heterocycles. The highest BCUT2D eigenvalue weighted by Gasteiger charge is 2.54. The summed E-state index contributed by atoms with van der Waals surface area (Å²) in [5.41, 5.74) is 0. The van der Waals surface area contributed by atoms with Crippen LogP contribution in [0.1, 0.15) is 284 Å². The van der Waals surface area contributed by atoms with Crippen LogP contribution in [0.2, 0.25) is 0 Å². The van der Waals surface area contributed by atoms with E-state index in [1.54, 1.807) is 6.08 Å². The van der Waals surface area contributed by atoms with Crippen LogP contribution in [0.4, 0.5) is 0 Å². The van der Waals surface area contributed by atoms with Crippen molar-refractivity contribution in [3.8, 4) is 0 Å². The number of aliphatic hydroxyl groups excluding tert-OH is 11. The maximum Gasteiger partial charge on any atom is 0.220 e. The van der Waals surface area contributed by atoms with Crippen molar-refractivity contribution in [1.29, 1.82) is 0 Å². The molecule has 3 rings (SSSR count). The van der Waals surface area contributed by atoms with Crippen molar-refractivity contribution in [3.63, 3.8) is 0 Å². The van der Waals surface area contributed by atoms with Gasteiger partial charge in [0.05, 0.1) is 38.6 Å². The number of ether oxygens (including phenoxy) is 6. The number of allylic oxidation sites excluding steroid dienone is 19. The second kappa shape index (κ2) is 65.0. The van der Waals surface area contributed by atoms with Gasteiger partial charge in [-0.15, -0.1) is 0 Å². The van der Waals surface area contributed by atoms with Crippen LogP contribution in [0.15, 0.2) is 122 Å². The molecule has 1 amide bonds. The highest BCUT2D eigenvalue weighted by molar-refractivity contribution is 5.76. The van der Waals surface area contributed by atoms with Crippen molar-refractivity contribution in [2.45, 2.75) is 388 Å². The summed E-state index contributed by atoms with van der Waals surface area (Å²) in [5.74, 6) is -0.290. The monoisotopic (exact) mass is 1480 g/mol. The molecule has 17 unspecified atom stereocenters. The molecule has 3 fully saturated rings. The molecule has 17 atom stereocenters. The fraction of sp³-hybridized carbons (Fsp3) is 0.756. The van der Waals surface area contributed by atoms with Crippen molar-refractivity contribution in [2.24, 2.45) is 0 Å². The van der Waals surface area contributed by atoms with Gasteiger partial charge in [0.15, 0.2) is 18.9 Å². The molecule has 3 aliphatic heterocycles. The molecular formula is C86H147NO18. The summed E-state index contributed by atoms with van der Waals surface area (Å²) in [4.78, 5) is 13.5. The molecule has 0 spiro atoms. The van der Waals surface area contributed by atoms with Crippen LogP contribution < -0.4 is 5.32 Å². The summed E-state index contributed by atoms with van der Waals surface area (Å²) < 4.78 is 34.4. The third-order valence-corrected chi connectivity index (χ3v) is 19.7. The minimum absolute atomic E-state index is 0.229. The topological polar surface area (TPSA) is 307 Å². The molecule has 0 radical (unpaired) electrons. The Labute approximate surface area is 633 Å². The van der Waals surface area contributed by atoms with E-state index >= 15 is 0 Å².